The standard InChI is InChI=1S/C32H50N2O8S2/c1-19-9-8-10-24-25(34(24)11-12-40-31(39)41-13-14-43-7)16-26(20(2)15-23-18-44-22(4)33-23)42-28(36)17-27(35)32(5,6)30(38)21(3)29(19)37/h15,18-19,21,24-27,29,35,37H,8-14,16-17H2,1-7H3/b20-15+/t19-,21+,24+,25?,26?,27-,29-,34?/m0/s1. The summed E-state index contributed by atoms with van der Waals surface area (Å²) < 4.78 is 16.4. The number of rotatable bonds is 8. The predicted molar refractivity (Wildman–Crippen MR) is 173 cm³/mol. The van der Waals surface area contributed by atoms with Crippen molar-refractivity contribution in [2.75, 3.05) is 31.8 Å². The van der Waals surface area contributed by atoms with Crippen molar-refractivity contribution in [1.29, 1.82) is 0 Å². The van der Waals surface area contributed by atoms with Crippen molar-refractivity contribution in [3.8, 4) is 0 Å². The van der Waals surface area contributed by atoms with E-state index >= 15 is 0 Å². The zero-order valence-electron chi connectivity index (χ0n) is 27.1. The van der Waals surface area contributed by atoms with E-state index in [1.165, 1.54) is 0 Å². The number of thioether (sulfide) groups is 1. The number of fused-ring (bicyclic) bond motifs is 1. The van der Waals surface area contributed by atoms with E-state index in [0.717, 1.165) is 35.5 Å². The van der Waals surface area contributed by atoms with Gasteiger partial charge in [0.2, 0.25) is 0 Å². The molecule has 2 saturated heterocycles. The first-order chi connectivity index (χ1) is 20.8. The average Bonchev–Trinajstić information content (AvgIpc) is 3.43. The summed E-state index contributed by atoms with van der Waals surface area (Å²) >= 11 is 3.12. The van der Waals surface area contributed by atoms with E-state index in [1.54, 1.807) is 43.9 Å². The van der Waals surface area contributed by atoms with Gasteiger partial charge < -0.3 is 24.4 Å². The second kappa shape index (κ2) is 16.5. The normalized spacial score (nSPS) is 32.0. The molecule has 3 unspecified atom stereocenters. The molecule has 1 aromatic heterocycles. The van der Waals surface area contributed by atoms with Crippen molar-refractivity contribution in [3.63, 3.8) is 0 Å². The van der Waals surface area contributed by atoms with Gasteiger partial charge in [-0.1, -0.05) is 34.1 Å². The molecule has 2 aliphatic rings. The molecule has 10 nitrogen and oxygen atoms in total. The molecule has 0 saturated carbocycles. The summed E-state index contributed by atoms with van der Waals surface area (Å²) in [6.45, 7) is 11.7. The Labute approximate surface area is 269 Å². The van der Waals surface area contributed by atoms with Gasteiger partial charge in [-0.05, 0) is 50.5 Å². The first-order valence-electron chi connectivity index (χ1n) is 15.5. The van der Waals surface area contributed by atoms with E-state index in [-0.39, 0.29) is 36.8 Å². The molecule has 3 heterocycles. The summed E-state index contributed by atoms with van der Waals surface area (Å²) in [7, 11) is 0. The monoisotopic (exact) mass is 654 g/mol. The van der Waals surface area contributed by atoms with Gasteiger partial charge in [0.05, 0.1) is 34.7 Å². The van der Waals surface area contributed by atoms with Crippen LogP contribution in [0, 0.1) is 24.2 Å². The number of esters is 1. The lowest BCUT2D eigenvalue weighted by Crippen LogP contribution is -2.45. The Morgan fingerprint density at radius 1 is 1.20 bits per heavy atom. The quantitative estimate of drug-likeness (QED) is 0.225. The van der Waals surface area contributed by atoms with E-state index in [9.17, 15) is 24.6 Å². The number of ether oxygens (including phenoxy) is 3. The average molecular weight is 655 g/mol. The van der Waals surface area contributed by atoms with Gasteiger partial charge in [-0.3, -0.25) is 14.5 Å². The molecular weight excluding hydrogens is 604 g/mol. The molecule has 0 amide bonds. The molecule has 0 spiro atoms. The van der Waals surface area contributed by atoms with Crippen molar-refractivity contribution < 1.29 is 38.8 Å². The van der Waals surface area contributed by atoms with Crippen molar-refractivity contribution in [1.82, 2.24) is 9.88 Å². The highest BCUT2D eigenvalue weighted by molar-refractivity contribution is 7.98. The number of aliphatic hydroxyl groups is 2. The van der Waals surface area contributed by atoms with Crippen LogP contribution >= 0.6 is 23.1 Å². The fourth-order valence-electron chi connectivity index (χ4n) is 6.02. The minimum absolute atomic E-state index is 0.0828. The zero-order chi connectivity index (χ0) is 32.6. The van der Waals surface area contributed by atoms with Crippen molar-refractivity contribution in [2.24, 2.45) is 17.3 Å². The number of aromatic nitrogens is 1. The Hall–Kier alpha value is -1.99. The van der Waals surface area contributed by atoms with Crippen LogP contribution in [-0.4, -0.2) is 100 Å². The number of thiazole rings is 1. The summed E-state index contributed by atoms with van der Waals surface area (Å²) in [5.74, 6) is -0.996. The van der Waals surface area contributed by atoms with Crippen LogP contribution in [0.5, 0.6) is 0 Å². The molecule has 0 bridgehead atoms. The molecule has 248 valence electrons. The smallest absolute Gasteiger partial charge is 0.458 e. The fourth-order valence-corrected chi connectivity index (χ4v) is 6.84. The number of ketones is 1. The Morgan fingerprint density at radius 3 is 2.57 bits per heavy atom. The van der Waals surface area contributed by atoms with Crippen LogP contribution in [0.15, 0.2) is 11.0 Å². The fraction of sp³-hybridized carbons (Fsp3) is 0.750. The van der Waals surface area contributed by atoms with Crippen LogP contribution in [0.1, 0.15) is 77.4 Å². The maximum Gasteiger partial charge on any atom is 0.508 e. The van der Waals surface area contributed by atoms with Gasteiger partial charge in [0.1, 0.15) is 25.1 Å². The minimum atomic E-state index is -1.27. The van der Waals surface area contributed by atoms with Gasteiger partial charge in [0.25, 0.3) is 0 Å². The van der Waals surface area contributed by atoms with Crippen molar-refractivity contribution in [3.05, 3.63) is 21.7 Å². The molecular formula is C32H50N2O8S2. The maximum absolute atomic E-state index is 13.4. The van der Waals surface area contributed by atoms with E-state index in [1.807, 2.05) is 38.5 Å². The summed E-state index contributed by atoms with van der Waals surface area (Å²) in [5, 5.41) is 24.9. The van der Waals surface area contributed by atoms with Gasteiger partial charge in [-0.15, -0.1) is 11.3 Å². The van der Waals surface area contributed by atoms with Gasteiger partial charge in [-0.25, -0.2) is 9.78 Å². The molecule has 1 aromatic rings. The third kappa shape index (κ3) is 10.0. The summed E-state index contributed by atoms with van der Waals surface area (Å²) in [6.07, 6.45) is 3.05. The summed E-state index contributed by atoms with van der Waals surface area (Å²) in [4.78, 5) is 45.4. The number of carbonyl (C=O) groups excluding carboxylic acids is 3. The number of cyclic esters (lactones) is 1. The summed E-state index contributed by atoms with van der Waals surface area (Å²) in [5.41, 5.74) is 0.377. The predicted octanol–water partition coefficient (Wildman–Crippen LogP) is 4.89. The topological polar surface area (TPSA) is 135 Å². The molecule has 2 fully saturated rings. The molecule has 2 N–H and O–H groups in total. The third-order valence-electron chi connectivity index (χ3n) is 9.03. The van der Waals surface area contributed by atoms with Gasteiger partial charge in [0.15, 0.2) is 0 Å². The molecule has 0 aromatic carbocycles. The molecule has 0 radical (unpaired) electrons. The highest BCUT2D eigenvalue weighted by Crippen LogP contribution is 2.39. The molecule has 0 aliphatic carbocycles. The van der Waals surface area contributed by atoms with Crippen molar-refractivity contribution in [2.45, 2.75) is 104 Å². The second-order valence-corrected chi connectivity index (χ2v) is 14.7. The first-order valence-corrected chi connectivity index (χ1v) is 17.8. The maximum atomic E-state index is 13.4. The number of Topliss-reactive ketones (excluding diaryl/α,β-unsaturated/α-hetero) is 1. The van der Waals surface area contributed by atoms with E-state index in [2.05, 4.69) is 9.88 Å². The Kier molecular flexibility index (Phi) is 13.7. The van der Waals surface area contributed by atoms with Crippen molar-refractivity contribution >= 4 is 47.1 Å². The van der Waals surface area contributed by atoms with Crippen LogP contribution in [0.2, 0.25) is 0 Å². The highest BCUT2D eigenvalue weighted by atomic mass is 32.2. The van der Waals surface area contributed by atoms with E-state index in [0.29, 0.717) is 25.3 Å². The number of aliphatic hydroxyl groups excluding tert-OH is 2. The summed E-state index contributed by atoms with van der Waals surface area (Å²) in [6, 6.07) is 0.266. The largest absolute Gasteiger partial charge is 0.508 e. The van der Waals surface area contributed by atoms with E-state index < -0.39 is 41.8 Å². The zero-order valence-corrected chi connectivity index (χ0v) is 28.7. The number of nitrogens with zero attached hydrogens (tertiary/aromatic N) is 2. The van der Waals surface area contributed by atoms with Gasteiger partial charge in [-0.2, -0.15) is 11.8 Å². The molecule has 12 heteroatoms. The van der Waals surface area contributed by atoms with Crippen LogP contribution in [0.25, 0.3) is 6.08 Å². The van der Waals surface area contributed by atoms with Crippen LogP contribution in [0.3, 0.4) is 0 Å². The molecule has 3 rings (SSSR count). The second-order valence-electron chi connectivity index (χ2n) is 12.7. The van der Waals surface area contributed by atoms with Gasteiger partial charge in [0, 0.05) is 42.1 Å². The number of aryl methyl sites for hydroxylation is 1. The Bertz CT molecular complexity index is 1160. The van der Waals surface area contributed by atoms with Gasteiger partial charge >= 0.3 is 12.1 Å². The van der Waals surface area contributed by atoms with E-state index in [4.69, 9.17) is 14.2 Å². The van der Waals surface area contributed by atoms with Crippen LogP contribution < -0.4 is 0 Å². The lowest BCUT2D eigenvalue weighted by Gasteiger charge is -2.34. The molecule has 2 aliphatic heterocycles. The molecule has 8 atom stereocenters. The number of hydrogen-bond donors (Lipinski definition) is 2. The lowest BCUT2D eigenvalue weighted by molar-refractivity contribution is -0.154. The Morgan fingerprint density at radius 2 is 1.91 bits per heavy atom. The minimum Gasteiger partial charge on any atom is -0.458 e. The lowest BCUT2D eigenvalue weighted by atomic mass is 9.73. The number of hydrogen-bond acceptors (Lipinski definition) is 12. The van der Waals surface area contributed by atoms with Crippen LogP contribution in [-0.2, 0) is 23.8 Å². The highest BCUT2D eigenvalue weighted by Gasteiger charge is 2.48. The first kappa shape index (κ1) is 36.5. The van der Waals surface area contributed by atoms with Crippen LogP contribution in [0.4, 0.5) is 4.79 Å². The Balaban J connectivity index is 1.82. The number of carbonyl (C=O) groups is 3. The molecule has 44 heavy (non-hydrogen) atoms. The third-order valence-corrected chi connectivity index (χ3v) is 10.4. The SMILES string of the molecule is CSCCOC(=O)OCCN1C2CC(/C(C)=C/c3csc(C)n3)OC(=O)C[C@H](O)C(C)(C)C(=O)[C@H](C)[C@@H](O)[C@@H](C)CCC[C@H]21.